The van der Waals surface area contributed by atoms with Crippen LogP contribution in [0.5, 0.6) is 0 Å². The summed E-state index contributed by atoms with van der Waals surface area (Å²) >= 11 is 0. The van der Waals surface area contributed by atoms with Crippen LogP contribution in [0.25, 0.3) is 0 Å². The molecule has 0 atom stereocenters. The molecule has 0 aliphatic carbocycles. The van der Waals surface area contributed by atoms with E-state index in [0.717, 1.165) is 18.7 Å². The molecule has 2 rings (SSSR count). The number of aryl methyl sites for hydroxylation is 1. The van der Waals surface area contributed by atoms with Gasteiger partial charge in [0.1, 0.15) is 13.1 Å². The maximum atomic E-state index is 10.5. The molecule has 0 amide bonds. The topological polar surface area (TPSA) is 59.8 Å². The molecule has 0 saturated heterocycles. The van der Waals surface area contributed by atoms with E-state index in [-0.39, 0.29) is 10.6 Å². The second kappa shape index (κ2) is 6.11. The van der Waals surface area contributed by atoms with Gasteiger partial charge in [0.2, 0.25) is 0 Å². The Kier molecular flexibility index (Phi) is 4.26. The SMILES string of the molecule is Cc1ccc(C[NH2+]Cc2ccc([N+](=O)[O-])cc2)cc1. The second-order valence-corrected chi connectivity index (χ2v) is 4.61. The maximum absolute atomic E-state index is 10.5. The van der Waals surface area contributed by atoms with Crippen molar-refractivity contribution in [3.63, 3.8) is 0 Å². The molecule has 0 aliphatic heterocycles. The number of nitrogens with zero attached hydrogens (tertiary/aromatic N) is 1. The minimum Gasteiger partial charge on any atom is -0.339 e. The Morgan fingerprint density at radius 3 is 1.89 bits per heavy atom. The van der Waals surface area contributed by atoms with Crippen LogP contribution in [0.15, 0.2) is 48.5 Å². The summed E-state index contributed by atoms with van der Waals surface area (Å²) in [5, 5.41) is 12.7. The molecule has 4 heteroatoms. The Labute approximate surface area is 112 Å². The summed E-state index contributed by atoms with van der Waals surface area (Å²) in [6, 6.07) is 15.2. The normalized spacial score (nSPS) is 10.4. The predicted molar refractivity (Wildman–Crippen MR) is 73.6 cm³/mol. The monoisotopic (exact) mass is 257 g/mol. The minimum absolute atomic E-state index is 0.141. The van der Waals surface area contributed by atoms with E-state index < -0.39 is 0 Å². The first-order valence-corrected chi connectivity index (χ1v) is 6.26. The third-order valence-electron chi connectivity index (χ3n) is 3.03. The predicted octanol–water partition coefficient (Wildman–Crippen LogP) is 2.17. The number of hydrogen-bond acceptors (Lipinski definition) is 2. The third-order valence-corrected chi connectivity index (χ3v) is 3.03. The number of nitrogens with two attached hydrogens (primary N) is 1. The molecule has 2 aromatic rings. The van der Waals surface area contributed by atoms with E-state index in [1.54, 1.807) is 12.1 Å². The van der Waals surface area contributed by atoms with E-state index in [2.05, 4.69) is 36.5 Å². The number of nitro benzene ring substituents is 1. The zero-order valence-corrected chi connectivity index (χ0v) is 10.9. The van der Waals surface area contributed by atoms with Gasteiger partial charge >= 0.3 is 0 Å². The fourth-order valence-corrected chi connectivity index (χ4v) is 1.88. The van der Waals surface area contributed by atoms with Crippen molar-refractivity contribution in [3.8, 4) is 0 Å². The maximum Gasteiger partial charge on any atom is 0.269 e. The van der Waals surface area contributed by atoms with Crippen LogP contribution in [0.3, 0.4) is 0 Å². The van der Waals surface area contributed by atoms with Crippen molar-refractivity contribution >= 4 is 5.69 Å². The highest BCUT2D eigenvalue weighted by molar-refractivity contribution is 5.32. The highest BCUT2D eigenvalue weighted by atomic mass is 16.6. The van der Waals surface area contributed by atoms with E-state index in [0.29, 0.717) is 0 Å². The highest BCUT2D eigenvalue weighted by Crippen LogP contribution is 2.11. The van der Waals surface area contributed by atoms with Crippen molar-refractivity contribution in [2.24, 2.45) is 0 Å². The summed E-state index contributed by atoms with van der Waals surface area (Å²) < 4.78 is 0. The fourth-order valence-electron chi connectivity index (χ4n) is 1.88. The first-order chi connectivity index (χ1) is 9.15. The van der Waals surface area contributed by atoms with Crippen molar-refractivity contribution in [2.75, 3.05) is 0 Å². The summed E-state index contributed by atoms with van der Waals surface area (Å²) in [6.07, 6.45) is 0. The molecule has 98 valence electrons. The molecule has 4 nitrogen and oxygen atoms in total. The first-order valence-electron chi connectivity index (χ1n) is 6.26. The van der Waals surface area contributed by atoms with Gasteiger partial charge in [0.15, 0.2) is 0 Å². The van der Waals surface area contributed by atoms with Gasteiger partial charge in [0.25, 0.3) is 5.69 Å². The molecule has 2 aromatic carbocycles. The summed E-state index contributed by atoms with van der Waals surface area (Å²) in [7, 11) is 0. The van der Waals surface area contributed by atoms with Gasteiger partial charge in [0.05, 0.1) is 4.92 Å². The van der Waals surface area contributed by atoms with E-state index >= 15 is 0 Å². The summed E-state index contributed by atoms with van der Waals surface area (Å²) in [5.74, 6) is 0. The molecule has 19 heavy (non-hydrogen) atoms. The number of benzene rings is 2. The second-order valence-electron chi connectivity index (χ2n) is 4.61. The summed E-state index contributed by atoms with van der Waals surface area (Å²) in [4.78, 5) is 10.2. The summed E-state index contributed by atoms with van der Waals surface area (Å²) in [6.45, 7) is 3.81. The Hall–Kier alpha value is -2.20. The molecular formula is C15H17N2O2+. The third kappa shape index (κ3) is 3.89. The van der Waals surface area contributed by atoms with Crippen molar-refractivity contribution in [1.82, 2.24) is 0 Å². The van der Waals surface area contributed by atoms with Gasteiger partial charge in [0, 0.05) is 23.3 Å². The number of rotatable bonds is 5. The van der Waals surface area contributed by atoms with Gasteiger partial charge in [-0.05, 0) is 19.1 Å². The zero-order valence-electron chi connectivity index (χ0n) is 10.9. The van der Waals surface area contributed by atoms with E-state index in [1.165, 1.54) is 11.1 Å². The minimum atomic E-state index is -0.375. The molecule has 0 aliphatic rings. The zero-order chi connectivity index (χ0) is 13.7. The van der Waals surface area contributed by atoms with Crippen molar-refractivity contribution in [2.45, 2.75) is 20.0 Å². The average Bonchev–Trinajstić information content (AvgIpc) is 2.41. The molecule has 0 saturated carbocycles. The largest absolute Gasteiger partial charge is 0.339 e. The van der Waals surface area contributed by atoms with Crippen molar-refractivity contribution in [1.29, 1.82) is 0 Å². The molecular weight excluding hydrogens is 240 g/mol. The Morgan fingerprint density at radius 1 is 0.947 bits per heavy atom. The quantitative estimate of drug-likeness (QED) is 0.659. The van der Waals surface area contributed by atoms with E-state index in [4.69, 9.17) is 0 Å². The highest BCUT2D eigenvalue weighted by Gasteiger charge is 2.04. The van der Waals surface area contributed by atoms with Crippen LogP contribution < -0.4 is 5.32 Å². The lowest BCUT2D eigenvalue weighted by atomic mass is 10.1. The molecule has 0 heterocycles. The molecule has 0 unspecified atom stereocenters. The molecule has 0 aromatic heterocycles. The van der Waals surface area contributed by atoms with Crippen LogP contribution in [-0.2, 0) is 13.1 Å². The molecule has 0 fully saturated rings. The van der Waals surface area contributed by atoms with Crippen LogP contribution in [-0.4, -0.2) is 4.92 Å². The van der Waals surface area contributed by atoms with Gasteiger partial charge < -0.3 is 5.32 Å². The number of nitro groups is 1. The number of non-ortho nitro benzene ring substituents is 1. The van der Waals surface area contributed by atoms with Gasteiger partial charge in [-0.3, -0.25) is 10.1 Å². The van der Waals surface area contributed by atoms with E-state index in [9.17, 15) is 10.1 Å². The first kappa shape index (κ1) is 13.2. The smallest absolute Gasteiger partial charge is 0.269 e. The van der Waals surface area contributed by atoms with Crippen LogP contribution in [0.2, 0.25) is 0 Å². The van der Waals surface area contributed by atoms with Crippen molar-refractivity contribution in [3.05, 3.63) is 75.3 Å². The van der Waals surface area contributed by atoms with Gasteiger partial charge in [-0.15, -0.1) is 0 Å². The van der Waals surface area contributed by atoms with Gasteiger partial charge in [-0.25, -0.2) is 0 Å². The average molecular weight is 257 g/mol. The Bertz CT molecular complexity index is 547. The van der Waals surface area contributed by atoms with Gasteiger partial charge in [-0.1, -0.05) is 29.8 Å². The molecule has 0 radical (unpaired) electrons. The fraction of sp³-hybridized carbons (Fsp3) is 0.200. The van der Waals surface area contributed by atoms with Crippen molar-refractivity contribution < 1.29 is 10.2 Å². The van der Waals surface area contributed by atoms with Crippen LogP contribution in [0.1, 0.15) is 16.7 Å². The Balaban J connectivity index is 1.85. The Morgan fingerprint density at radius 2 is 1.42 bits per heavy atom. The molecule has 0 bridgehead atoms. The lowest BCUT2D eigenvalue weighted by molar-refractivity contribution is -0.686. The van der Waals surface area contributed by atoms with E-state index in [1.807, 2.05) is 12.1 Å². The molecule has 2 N–H and O–H groups in total. The number of quaternary nitrogens is 1. The molecule has 0 spiro atoms. The standard InChI is InChI=1S/C15H16N2O2/c1-12-2-4-13(5-3-12)10-16-11-14-6-8-15(9-7-14)17(18)19/h2-9,16H,10-11H2,1H3/p+1. The van der Waals surface area contributed by atoms with Gasteiger partial charge in [-0.2, -0.15) is 0 Å². The van der Waals surface area contributed by atoms with Crippen LogP contribution in [0.4, 0.5) is 5.69 Å². The van der Waals surface area contributed by atoms with Crippen LogP contribution in [0, 0.1) is 17.0 Å². The lowest BCUT2D eigenvalue weighted by Crippen LogP contribution is -2.80. The lowest BCUT2D eigenvalue weighted by Gasteiger charge is -2.03. The summed E-state index contributed by atoms with van der Waals surface area (Å²) in [5.41, 5.74) is 3.78. The number of hydrogen-bond donors (Lipinski definition) is 1. The van der Waals surface area contributed by atoms with Crippen LogP contribution >= 0.6 is 0 Å².